The van der Waals surface area contributed by atoms with Gasteiger partial charge in [-0.3, -0.25) is 10.1 Å². The molecule has 3 amide bonds. The van der Waals surface area contributed by atoms with Gasteiger partial charge in [-0.05, 0) is 24.0 Å². The quantitative estimate of drug-likeness (QED) is 0.785. The lowest BCUT2D eigenvalue weighted by Gasteiger charge is -2.19. The van der Waals surface area contributed by atoms with E-state index in [1.54, 1.807) is 4.90 Å². The number of hydrogen-bond acceptors (Lipinski definition) is 2. The first-order valence-electron chi connectivity index (χ1n) is 5.92. The normalized spacial score (nSPS) is 14.6. The van der Waals surface area contributed by atoms with Crippen molar-refractivity contribution in [3.05, 3.63) is 35.4 Å². The molecule has 18 heavy (non-hydrogen) atoms. The minimum Gasteiger partial charge on any atom is -0.324 e. The second-order valence-corrected chi connectivity index (χ2v) is 4.51. The topological polar surface area (TPSA) is 49.4 Å². The van der Waals surface area contributed by atoms with Gasteiger partial charge >= 0.3 is 6.03 Å². The number of carbonyl (C=O) groups is 2. The van der Waals surface area contributed by atoms with Gasteiger partial charge in [0.05, 0.1) is 0 Å². The first-order chi connectivity index (χ1) is 8.70. The summed E-state index contributed by atoms with van der Waals surface area (Å²) in [7, 11) is 0. The van der Waals surface area contributed by atoms with Crippen LogP contribution in [0.3, 0.4) is 0 Å². The minimum absolute atomic E-state index is 0.195. The predicted octanol–water partition coefficient (Wildman–Crippen LogP) is 1.56. The molecule has 0 aromatic heterocycles. The Balaban J connectivity index is 1.99. The van der Waals surface area contributed by atoms with Gasteiger partial charge in [0.2, 0.25) is 5.91 Å². The molecule has 2 rings (SSSR count). The second kappa shape index (κ2) is 5.87. The van der Waals surface area contributed by atoms with Gasteiger partial charge < -0.3 is 4.90 Å². The lowest BCUT2D eigenvalue weighted by Crippen LogP contribution is -2.44. The van der Waals surface area contributed by atoms with Crippen LogP contribution in [0.1, 0.15) is 11.1 Å². The van der Waals surface area contributed by atoms with Crippen LogP contribution in [0.25, 0.3) is 0 Å². The van der Waals surface area contributed by atoms with Crippen LogP contribution in [0.4, 0.5) is 4.79 Å². The van der Waals surface area contributed by atoms with Crippen molar-refractivity contribution in [1.82, 2.24) is 10.2 Å². The first kappa shape index (κ1) is 12.9. The number of nitrogens with one attached hydrogen (secondary N) is 1. The Morgan fingerprint density at radius 1 is 1.17 bits per heavy atom. The minimum atomic E-state index is -0.455. The zero-order valence-corrected chi connectivity index (χ0v) is 10.7. The maximum Gasteiger partial charge on any atom is 0.324 e. The highest BCUT2D eigenvalue weighted by Crippen LogP contribution is 2.15. The molecule has 0 saturated heterocycles. The number of urea groups is 1. The van der Waals surface area contributed by atoms with Gasteiger partial charge in [0, 0.05) is 13.1 Å². The van der Waals surface area contributed by atoms with Gasteiger partial charge in [0.1, 0.15) is 5.88 Å². The van der Waals surface area contributed by atoms with E-state index in [2.05, 4.69) is 17.4 Å². The van der Waals surface area contributed by atoms with Crippen molar-refractivity contribution in [3.63, 3.8) is 0 Å². The van der Waals surface area contributed by atoms with Crippen LogP contribution in [0.2, 0.25) is 0 Å². The third-order valence-corrected chi connectivity index (χ3v) is 3.32. The Kier molecular flexibility index (Phi) is 4.20. The molecule has 0 unspecified atom stereocenters. The maximum absolute atomic E-state index is 11.8. The molecule has 1 aromatic carbocycles. The molecule has 4 nitrogen and oxygen atoms in total. The highest BCUT2D eigenvalue weighted by atomic mass is 35.5. The van der Waals surface area contributed by atoms with Crippen molar-refractivity contribution in [3.8, 4) is 0 Å². The first-order valence-corrected chi connectivity index (χ1v) is 6.45. The van der Waals surface area contributed by atoms with Crippen molar-refractivity contribution in [2.45, 2.75) is 12.8 Å². The number of nitrogens with zero attached hydrogens (tertiary/aromatic N) is 1. The van der Waals surface area contributed by atoms with Gasteiger partial charge in [-0.15, -0.1) is 11.6 Å². The number of rotatable bonds is 1. The third-order valence-electron chi connectivity index (χ3n) is 3.08. The van der Waals surface area contributed by atoms with Crippen molar-refractivity contribution >= 4 is 23.5 Å². The molecule has 1 aliphatic heterocycles. The number of benzene rings is 1. The molecule has 0 aliphatic carbocycles. The summed E-state index contributed by atoms with van der Waals surface area (Å²) >= 11 is 5.36. The average Bonchev–Trinajstić information content (AvgIpc) is 2.61. The van der Waals surface area contributed by atoms with Gasteiger partial charge in [-0.1, -0.05) is 24.3 Å². The summed E-state index contributed by atoms with van der Waals surface area (Å²) < 4.78 is 0. The van der Waals surface area contributed by atoms with Crippen LogP contribution in [0, 0.1) is 0 Å². The summed E-state index contributed by atoms with van der Waals surface area (Å²) in [6.07, 6.45) is 1.64. The summed E-state index contributed by atoms with van der Waals surface area (Å²) in [6.45, 7) is 1.25. The van der Waals surface area contributed by atoms with E-state index in [1.807, 2.05) is 12.1 Å². The van der Waals surface area contributed by atoms with Crippen LogP contribution in [-0.4, -0.2) is 35.8 Å². The Morgan fingerprint density at radius 3 is 2.22 bits per heavy atom. The summed E-state index contributed by atoms with van der Waals surface area (Å²) in [6, 6.07) is 7.83. The zero-order valence-electron chi connectivity index (χ0n) is 9.99. The number of hydrogen-bond donors (Lipinski definition) is 1. The molecular weight excluding hydrogens is 252 g/mol. The summed E-state index contributed by atoms with van der Waals surface area (Å²) in [5, 5.41) is 2.27. The Labute approximate surface area is 111 Å². The smallest absolute Gasteiger partial charge is 0.324 e. The highest BCUT2D eigenvalue weighted by Gasteiger charge is 2.19. The van der Waals surface area contributed by atoms with Crippen LogP contribution < -0.4 is 5.32 Å². The fourth-order valence-electron chi connectivity index (χ4n) is 2.10. The average molecular weight is 267 g/mol. The van der Waals surface area contributed by atoms with E-state index >= 15 is 0 Å². The fourth-order valence-corrected chi connectivity index (χ4v) is 2.17. The van der Waals surface area contributed by atoms with Gasteiger partial charge in [-0.2, -0.15) is 0 Å². The number of halogens is 1. The summed E-state index contributed by atoms with van der Waals surface area (Å²) in [5.41, 5.74) is 2.55. The molecule has 5 heteroatoms. The molecule has 1 aromatic rings. The number of imide groups is 1. The number of carbonyl (C=O) groups excluding carboxylic acids is 2. The van der Waals surface area contributed by atoms with Gasteiger partial charge in [0.25, 0.3) is 0 Å². The molecule has 0 radical (unpaired) electrons. The van der Waals surface area contributed by atoms with E-state index < -0.39 is 5.91 Å². The summed E-state index contributed by atoms with van der Waals surface area (Å²) in [5.74, 6) is -0.650. The van der Waals surface area contributed by atoms with Crippen LogP contribution in [-0.2, 0) is 17.6 Å². The third kappa shape index (κ3) is 3.01. The number of alkyl halides is 1. The molecule has 0 saturated carbocycles. The standard InChI is InChI=1S/C13H15ClN2O2/c14-9-12(17)15-13(18)16-7-5-10-3-1-2-4-11(10)6-8-16/h1-4H,5-9H2,(H,15,17,18). The Bertz CT molecular complexity index is 435. The van der Waals surface area contributed by atoms with Gasteiger partial charge in [0.15, 0.2) is 0 Å². The largest absolute Gasteiger partial charge is 0.324 e. The monoisotopic (exact) mass is 266 g/mol. The summed E-state index contributed by atoms with van der Waals surface area (Å²) in [4.78, 5) is 24.5. The number of amides is 3. The van der Waals surface area contributed by atoms with Gasteiger partial charge in [-0.25, -0.2) is 4.79 Å². The van der Waals surface area contributed by atoms with Crippen molar-refractivity contribution < 1.29 is 9.59 Å². The molecule has 1 N–H and O–H groups in total. The lowest BCUT2D eigenvalue weighted by molar-refractivity contribution is -0.117. The maximum atomic E-state index is 11.8. The molecule has 0 fully saturated rings. The SMILES string of the molecule is O=C(CCl)NC(=O)N1CCc2ccccc2CC1. The Morgan fingerprint density at radius 2 is 1.72 bits per heavy atom. The van der Waals surface area contributed by atoms with E-state index in [1.165, 1.54) is 11.1 Å². The van der Waals surface area contributed by atoms with E-state index in [4.69, 9.17) is 11.6 Å². The zero-order chi connectivity index (χ0) is 13.0. The Hall–Kier alpha value is -1.55. The van der Waals surface area contributed by atoms with Crippen molar-refractivity contribution in [2.75, 3.05) is 19.0 Å². The lowest BCUT2D eigenvalue weighted by atomic mass is 10.0. The van der Waals surface area contributed by atoms with E-state index in [9.17, 15) is 9.59 Å². The number of fused-ring (bicyclic) bond motifs is 1. The second-order valence-electron chi connectivity index (χ2n) is 4.24. The molecule has 0 atom stereocenters. The van der Waals surface area contributed by atoms with Crippen LogP contribution in [0.5, 0.6) is 0 Å². The van der Waals surface area contributed by atoms with Crippen molar-refractivity contribution in [2.24, 2.45) is 0 Å². The molecular formula is C13H15ClN2O2. The molecule has 0 bridgehead atoms. The molecule has 1 heterocycles. The van der Waals surface area contributed by atoms with E-state index in [0.29, 0.717) is 13.1 Å². The highest BCUT2D eigenvalue weighted by molar-refractivity contribution is 6.28. The van der Waals surface area contributed by atoms with Crippen molar-refractivity contribution in [1.29, 1.82) is 0 Å². The van der Waals surface area contributed by atoms with E-state index in [0.717, 1.165) is 12.8 Å². The molecule has 1 aliphatic rings. The van der Waals surface area contributed by atoms with Crippen LogP contribution in [0.15, 0.2) is 24.3 Å². The molecule has 0 spiro atoms. The predicted molar refractivity (Wildman–Crippen MR) is 69.7 cm³/mol. The van der Waals surface area contributed by atoms with E-state index in [-0.39, 0.29) is 11.9 Å². The fraction of sp³-hybridized carbons (Fsp3) is 0.385. The molecule has 96 valence electrons. The van der Waals surface area contributed by atoms with Crippen LogP contribution >= 0.6 is 11.6 Å².